The summed E-state index contributed by atoms with van der Waals surface area (Å²) in [6, 6.07) is 7.12. The van der Waals surface area contributed by atoms with Crippen LogP contribution in [-0.4, -0.2) is 54.2 Å². The fourth-order valence-corrected chi connectivity index (χ4v) is 5.51. The maximum atomic E-state index is 12.9. The van der Waals surface area contributed by atoms with Crippen LogP contribution in [0.15, 0.2) is 30.9 Å². The molecule has 0 N–H and O–H groups in total. The Morgan fingerprint density at radius 3 is 2.81 bits per heavy atom. The van der Waals surface area contributed by atoms with Crippen LogP contribution in [0.3, 0.4) is 0 Å². The van der Waals surface area contributed by atoms with Crippen molar-refractivity contribution in [2.75, 3.05) is 26.4 Å². The highest BCUT2D eigenvalue weighted by molar-refractivity contribution is 5.77. The lowest BCUT2D eigenvalue weighted by Gasteiger charge is -2.51. The number of rotatable bonds is 4. The first kappa shape index (κ1) is 16.2. The summed E-state index contributed by atoms with van der Waals surface area (Å²) in [7, 11) is 0. The number of benzene rings is 1. The highest BCUT2D eigenvalue weighted by Gasteiger charge is 2.54. The molecule has 0 saturated carbocycles. The Balaban J connectivity index is 1.47. The van der Waals surface area contributed by atoms with Gasteiger partial charge < -0.3 is 14.4 Å². The van der Waals surface area contributed by atoms with Gasteiger partial charge in [-0.3, -0.25) is 9.69 Å². The smallest absolute Gasteiger partial charge is 0.231 e. The Morgan fingerprint density at radius 1 is 1.19 bits per heavy atom. The average Bonchev–Trinajstić information content (AvgIpc) is 3.32. The van der Waals surface area contributed by atoms with Gasteiger partial charge >= 0.3 is 0 Å². The second-order valence-electron chi connectivity index (χ2n) is 7.95. The van der Waals surface area contributed by atoms with Crippen LogP contribution < -0.4 is 9.47 Å². The Hall–Kier alpha value is -2.01. The molecule has 2 bridgehead atoms. The summed E-state index contributed by atoms with van der Waals surface area (Å²) in [5.74, 6) is 2.96. The Kier molecular flexibility index (Phi) is 3.92. The number of ether oxygens (including phenoxy) is 2. The summed E-state index contributed by atoms with van der Waals surface area (Å²) < 4.78 is 11.1. The number of amides is 1. The van der Waals surface area contributed by atoms with Crippen LogP contribution in [0.25, 0.3) is 0 Å². The molecular formula is C21H26N2O3. The van der Waals surface area contributed by atoms with Gasteiger partial charge in [-0.1, -0.05) is 12.1 Å². The molecule has 5 aliphatic rings. The number of allylic oxidation sites excluding steroid dienone is 1. The zero-order valence-electron chi connectivity index (χ0n) is 15.1. The van der Waals surface area contributed by atoms with Crippen LogP contribution in [0.1, 0.15) is 37.2 Å². The van der Waals surface area contributed by atoms with E-state index >= 15 is 0 Å². The lowest BCUT2D eigenvalue weighted by Crippen LogP contribution is -2.60. The first-order valence-corrected chi connectivity index (χ1v) is 9.80. The van der Waals surface area contributed by atoms with Gasteiger partial charge in [-0.25, -0.2) is 0 Å². The molecule has 5 aliphatic heterocycles. The van der Waals surface area contributed by atoms with E-state index in [2.05, 4.69) is 28.5 Å². The van der Waals surface area contributed by atoms with E-state index in [4.69, 9.17) is 9.47 Å². The van der Waals surface area contributed by atoms with Gasteiger partial charge in [-0.2, -0.15) is 0 Å². The Morgan fingerprint density at radius 2 is 2.00 bits per heavy atom. The predicted octanol–water partition coefficient (Wildman–Crippen LogP) is 2.77. The van der Waals surface area contributed by atoms with Crippen molar-refractivity contribution in [3.8, 4) is 11.5 Å². The van der Waals surface area contributed by atoms with Crippen LogP contribution in [0.4, 0.5) is 0 Å². The number of fused-ring (bicyclic) bond motifs is 3. The van der Waals surface area contributed by atoms with E-state index in [1.54, 1.807) is 0 Å². The first-order chi connectivity index (χ1) is 12.8. The van der Waals surface area contributed by atoms with Crippen LogP contribution in [0.2, 0.25) is 0 Å². The van der Waals surface area contributed by atoms with Crippen molar-refractivity contribution in [3.63, 3.8) is 0 Å². The third kappa shape index (κ3) is 2.44. The molecule has 5 nitrogen and oxygen atoms in total. The van der Waals surface area contributed by atoms with Crippen molar-refractivity contribution < 1.29 is 14.3 Å². The van der Waals surface area contributed by atoms with E-state index in [9.17, 15) is 4.79 Å². The topological polar surface area (TPSA) is 42.0 Å². The molecule has 0 radical (unpaired) electrons. The highest BCUT2D eigenvalue weighted by atomic mass is 16.7. The second-order valence-corrected chi connectivity index (χ2v) is 7.95. The fourth-order valence-electron chi connectivity index (χ4n) is 5.51. The minimum Gasteiger partial charge on any atom is -0.454 e. The molecule has 6 rings (SSSR count). The molecule has 1 aromatic rings. The molecule has 4 saturated heterocycles. The van der Waals surface area contributed by atoms with Crippen LogP contribution in [0, 0.1) is 5.92 Å². The lowest BCUT2D eigenvalue weighted by molar-refractivity contribution is -0.135. The van der Waals surface area contributed by atoms with Gasteiger partial charge in [0.05, 0.1) is 6.04 Å². The number of hydrogen-bond acceptors (Lipinski definition) is 4. The number of nitrogens with zero attached hydrogens (tertiary/aromatic N) is 2. The van der Waals surface area contributed by atoms with E-state index in [0.717, 1.165) is 24.5 Å². The van der Waals surface area contributed by atoms with Crippen molar-refractivity contribution >= 4 is 5.91 Å². The van der Waals surface area contributed by atoms with Gasteiger partial charge in [0.25, 0.3) is 0 Å². The summed E-state index contributed by atoms with van der Waals surface area (Å²) in [6.07, 6.45) is 5.63. The van der Waals surface area contributed by atoms with E-state index in [-0.39, 0.29) is 5.91 Å². The Bertz CT molecular complexity index is 726. The quantitative estimate of drug-likeness (QED) is 0.780. The zero-order chi connectivity index (χ0) is 17.7. The van der Waals surface area contributed by atoms with Crippen LogP contribution >= 0.6 is 0 Å². The second kappa shape index (κ2) is 6.31. The van der Waals surface area contributed by atoms with Crippen molar-refractivity contribution in [1.29, 1.82) is 0 Å². The maximum Gasteiger partial charge on any atom is 0.231 e. The number of piperidine rings is 3. The minimum absolute atomic E-state index is 0.289. The standard InChI is InChI=1S/C21H26N2O3/c1-2-3-4-19(24)23-12-16(15-5-6-17-18(11-15)26-13-25-17)21-20(23)14-7-9-22(21)10-8-14/h2,5-6,11,14,16,20-21H,1,3-4,7-10,12-13H2/t16-,20+,21+/m1/s1. The third-order valence-electron chi connectivity index (χ3n) is 6.70. The summed E-state index contributed by atoms with van der Waals surface area (Å²) in [5.41, 5.74) is 1.27. The molecule has 1 amide bonds. The number of carbonyl (C=O) groups excluding carboxylic acids is 1. The SMILES string of the molecule is C=CCCC(=O)N1C[C@H](c2ccc3c(c2)OCO3)[C@H]2[C@@H]1C1CCN2CC1. The molecule has 26 heavy (non-hydrogen) atoms. The number of carbonyl (C=O) groups is 1. The van der Waals surface area contributed by atoms with Gasteiger partial charge in [0.15, 0.2) is 11.5 Å². The summed E-state index contributed by atoms with van der Waals surface area (Å²) in [5, 5.41) is 0. The van der Waals surface area contributed by atoms with Gasteiger partial charge in [0.1, 0.15) is 0 Å². The van der Waals surface area contributed by atoms with E-state index in [1.165, 1.54) is 31.5 Å². The van der Waals surface area contributed by atoms with E-state index < -0.39 is 0 Å². The molecule has 1 aromatic carbocycles. The number of hydrogen-bond donors (Lipinski definition) is 0. The fraction of sp³-hybridized carbons (Fsp3) is 0.571. The van der Waals surface area contributed by atoms with Crippen molar-refractivity contribution in [1.82, 2.24) is 9.80 Å². The first-order valence-electron chi connectivity index (χ1n) is 9.80. The monoisotopic (exact) mass is 354 g/mol. The summed E-state index contributed by atoms with van der Waals surface area (Å²) in [6.45, 7) is 7.23. The van der Waals surface area contributed by atoms with E-state index in [0.29, 0.717) is 37.1 Å². The van der Waals surface area contributed by atoms with Crippen LogP contribution in [0.5, 0.6) is 11.5 Å². The summed E-state index contributed by atoms with van der Waals surface area (Å²) >= 11 is 0. The highest BCUT2D eigenvalue weighted by Crippen LogP contribution is 2.48. The molecule has 3 atom stereocenters. The predicted molar refractivity (Wildman–Crippen MR) is 98.3 cm³/mol. The summed E-state index contributed by atoms with van der Waals surface area (Å²) in [4.78, 5) is 17.7. The van der Waals surface area contributed by atoms with Crippen molar-refractivity contribution in [2.45, 2.75) is 43.7 Å². The van der Waals surface area contributed by atoms with Crippen molar-refractivity contribution in [3.05, 3.63) is 36.4 Å². The third-order valence-corrected chi connectivity index (χ3v) is 6.70. The van der Waals surface area contributed by atoms with E-state index in [1.807, 2.05) is 12.1 Å². The van der Waals surface area contributed by atoms with Crippen LogP contribution in [-0.2, 0) is 4.79 Å². The average molecular weight is 354 g/mol. The largest absolute Gasteiger partial charge is 0.454 e. The van der Waals surface area contributed by atoms with Gasteiger partial charge in [0, 0.05) is 24.9 Å². The number of likely N-dealkylation sites (tertiary alicyclic amines) is 1. The molecule has 0 aromatic heterocycles. The lowest BCUT2D eigenvalue weighted by atomic mass is 9.75. The zero-order valence-corrected chi connectivity index (χ0v) is 15.1. The molecule has 5 heteroatoms. The van der Waals surface area contributed by atoms with Gasteiger partial charge in [-0.15, -0.1) is 6.58 Å². The maximum absolute atomic E-state index is 12.9. The van der Waals surface area contributed by atoms with Gasteiger partial charge in [0.2, 0.25) is 12.7 Å². The van der Waals surface area contributed by atoms with Crippen molar-refractivity contribution in [2.24, 2.45) is 5.92 Å². The normalized spacial score (nSPS) is 34.0. The molecule has 5 heterocycles. The molecule has 0 aliphatic carbocycles. The minimum atomic E-state index is 0.289. The Labute approximate surface area is 154 Å². The molecule has 4 fully saturated rings. The molecule has 0 unspecified atom stereocenters. The molecular weight excluding hydrogens is 328 g/mol. The molecule has 0 spiro atoms. The molecule has 138 valence electrons. The van der Waals surface area contributed by atoms with Gasteiger partial charge in [-0.05, 0) is 56.0 Å².